The van der Waals surface area contributed by atoms with E-state index in [-0.39, 0.29) is 29.6 Å². The van der Waals surface area contributed by atoms with Gasteiger partial charge in [-0.1, -0.05) is 47.1 Å². The third kappa shape index (κ3) is 3.83. The van der Waals surface area contributed by atoms with Crippen molar-refractivity contribution in [3.05, 3.63) is 74.7 Å². The number of hydrogen-bond acceptors (Lipinski definition) is 5. The summed E-state index contributed by atoms with van der Waals surface area (Å²) in [6.07, 6.45) is 4.05. The molecule has 3 unspecified atom stereocenters. The summed E-state index contributed by atoms with van der Waals surface area (Å²) in [5.74, 6) is 0.514. The molecule has 1 fully saturated rings. The molecule has 1 aliphatic heterocycles. The fourth-order valence-electron chi connectivity index (χ4n) is 5.81. The van der Waals surface area contributed by atoms with Gasteiger partial charge in [0.2, 0.25) is 5.91 Å². The molecule has 0 radical (unpaired) electrons. The zero-order valence-electron chi connectivity index (χ0n) is 19.5. The fourth-order valence-corrected chi connectivity index (χ4v) is 6.07. The molecule has 3 heterocycles. The second-order valence-electron chi connectivity index (χ2n) is 9.70. The van der Waals surface area contributed by atoms with Crippen LogP contribution in [0.5, 0.6) is 0 Å². The van der Waals surface area contributed by atoms with Crippen molar-refractivity contribution in [3.63, 3.8) is 0 Å². The number of aromatic nitrogens is 2. The molecule has 1 amide bonds. The normalized spacial score (nSPS) is 22.3. The van der Waals surface area contributed by atoms with Gasteiger partial charge >= 0.3 is 0 Å². The summed E-state index contributed by atoms with van der Waals surface area (Å²) in [5.41, 5.74) is 3.62. The van der Waals surface area contributed by atoms with Crippen LogP contribution in [-0.4, -0.2) is 27.7 Å². The van der Waals surface area contributed by atoms with Crippen molar-refractivity contribution in [2.75, 3.05) is 0 Å². The number of benzene rings is 2. The number of carbonyl (C=O) groups is 1. The predicted octanol–water partition coefficient (Wildman–Crippen LogP) is 4.42. The van der Waals surface area contributed by atoms with Gasteiger partial charge in [-0.05, 0) is 62.3 Å². The van der Waals surface area contributed by atoms with Gasteiger partial charge in [-0.25, -0.2) is 0 Å². The van der Waals surface area contributed by atoms with Gasteiger partial charge in [0.1, 0.15) is 16.7 Å². The highest BCUT2D eigenvalue weighted by atomic mass is 35.5. The highest BCUT2D eigenvalue weighted by Gasteiger charge is 2.31. The number of nitrogens with zero attached hydrogens (tertiary/aromatic N) is 2. The number of halogens is 1. The van der Waals surface area contributed by atoms with Crippen molar-refractivity contribution < 1.29 is 9.32 Å². The highest BCUT2D eigenvalue weighted by Crippen LogP contribution is 2.35. The van der Waals surface area contributed by atoms with E-state index in [4.69, 9.17) is 16.1 Å². The molecule has 2 aromatic carbocycles. The third-order valence-corrected chi connectivity index (χ3v) is 7.85. The van der Waals surface area contributed by atoms with Gasteiger partial charge < -0.3 is 19.7 Å². The molecular weight excluding hydrogens is 464 g/mol. The third-order valence-electron chi connectivity index (χ3n) is 7.54. The van der Waals surface area contributed by atoms with Gasteiger partial charge in [0.05, 0.1) is 16.6 Å². The van der Waals surface area contributed by atoms with Crippen LogP contribution in [0.4, 0.5) is 0 Å². The Hall–Kier alpha value is -3.16. The van der Waals surface area contributed by atoms with Crippen LogP contribution < -0.4 is 16.2 Å². The number of fused-ring (bicyclic) bond motifs is 4. The summed E-state index contributed by atoms with van der Waals surface area (Å²) in [5, 5.41) is 12.5. The van der Waals surface area contributed by atoms with Crippen molar-refractivity contribution in [2.45, 2.75) is 63.7 Å². The standard InChI is InChI=1S/C27H27ClN4O3/c1-15-23-25(31-35-15)24-20(28)10-5-11-22(24)32(27(23)34)19-9-4-8-18(13-19)30-26(33)21-12-16-6-2-3-7-17(16)14-29-21/h2-3,5-7,10-11,18-19,21,29H,4,8-9,12-14H2,1H3,(H,30,33). The molecule has 6 rings (SSSR count). The average Bonchev–Trinajstić information content (AvgIpc) is 3.25. The lowest BCUT2D eigenvalue weighted by atomic mass is 9.89. The average molecular weight is 491 g/mol. The van der Waals surface area contributed by atoms with Gasteiger partial charge in [0.25, 0.3) is 5.56 Å². The number of rotatable bonds is 3. The Morgan fingerprint density at radius 2 is 1.97 bits per heavy atom. The minimum Gasteiger partial charge on any atom is -0.360 e. The van der Waals surface area contributed by atoms with Crippen LogP contribution in [0.3, 0.4) is 0 Å². The van der Waals surface area contributed by atoms with Crippen molar-refractivity contribution >= 4 is 39.3 Å². The molecule has 1 aliphatic carbocycles. The summed E-state index contributed by atoms with van der Waals surface area (Å²) < 4.78 is 7.23. The topological polar surface area (TPSA) is 89.2 Å². The van der Waals surface area contributed by atoms with Crippen LogP contribution in [0.25, 0.3) is 21.8 Å². The van der Waals surface area contributed by atoms with E-state index in [1.165, 1.54) is 11.1 Å². The monoisotopic (exact) mass is 490 g/mol. The van der Waals surface area contributed by atoms with E-state index in [2.05, 4.69) is 27.9 Å². The van der Waals surface area contributed by atoms with Crippen LogP contribution in [-0.2, 0) is 17.8 Å². The molecule has 0 bridgehead atoms. The molecule has 180 valence electrons. The molecule has 1 saturated carbocycles. The molecule has 8 heteroatoms. The minimum atomic E-state index is -0.247. The molecule has 3 atom stereocenters. The van der Waals surface area contributed by atoms with Crippen LogP contribution in [0.15, 0.2) is 51.8 Å². The molecule has 7 nitrogen and oxygen atoms in total. The minimum absolute atomic E-state index is 0.000577. The lowest BCUT2D eigenvalue weighted by molar-refractivity contribution is -0.124. The smallest absolute Gasteiger partial charge is 0.264 e. The Morgan fingerprint density at radius 3 is 2.83 bits per heavy atom. The van der Waals surface area contributed by atoms with Crippen molar-refractivity contribution in [1.29, 1.82) is 0 Å². The molecule has 4 aromatic rings. The second-order valence-corrected chi connectivity index (χ2v) is 10.1. The largest absolute Gasteiger partial charge is 0.360 e. The first-order valence-electron chi connectivity index (χ1n) is 12.2. The summed E-state index contributed by atoms with van der Waals surface area (Å²) >= 11 is 6.57. The van der Waals surface area contributed by atoms with Crippen LogP contribution >= 0.6 is 11.6 Å². The first kappa shape index (κ1) is 22.3. The number of amides is 1. The summed E-state index contributed by atoms with van der Waals surface area (Å²) in [4.78, 5) is 26.8. The zero-order chi connectivity index (χ0) is 24.1. The highest BCUT2D eigenvalue weighted by molar-refractivity contribution is 6.37. The van der Waals surface area contributed by atoms with Crippen molar-refractivity contribution in [3.8, 4) is 0 Å². The number of carbonyl (C=O) groups excluding carboxylic acids is 1. The molecule has 2 aliphatic rings. The van der Waals surface area contributed by atoms with Gasteiger partial charge in [0, 0.05) is 24.0 Å². The van der Waals surface area contributed by atoms with Gasteiger partial charge in [-0.3, -0.25) is 9.59 Å². The first-order chi connectivity index (χ1) is 17.0. The van der Waals surface area contributed by atoms with Gasteiger partial charge in [0.15, 0.2) is 0 Å². The molecule has 0 saturated heterocycles. The van der Waals surface area contributed by atoms with E-state index in [0.29, 0.717) is 41.1 Å². The Labute approximate surface area is 207 Å². The Balaban J connectivity index is 1.29. The van der Waals surface area contributed by atoms with E-state index >= 15 is 0 Å². The van der Waals surface area contributed by atoms with Gasteiger partial charge in [-0.15, -0.1) is 0 Å². The molecule has 2 N–H and O–H groups in total. The molecule has 2 aromatic heterocycles. The fraction of sp³-hybridized carbons (Fsp3) is 0.370. The molecule has 0 spiro atoms. The van der Waals surface area contributed by atoms with Crippen LogP contribution in [0.1, 0.15) is 48.6 Å². The maximum Gasteiger partial charge on any atom is 0.264 e. The maximum absolute atomic E-state index is 13.7. The number of hydrogen-bond donors (Lipinski definition) is 2. The number of nitrogens with one attached hydrogen (secondary N) is 2. The predicted molar refractivity (Wildman–Crippen MR) is 136 cm³/mol. The molecule has 35 heavy (non-hydrogen) atoms. The second kappa shape index (κ2) is 8.81. The van der Waals surface area contributed by atoms with Crippen molar-refractivity contribution in [2.24, 2.45) is 0 Å². The van der Waals surface area contributed by atoms with Gasteiger partial charge in [-0.2, -0.15) is 0 Å². The summed E-state index contributed by atoms with van der Waals surface area (Å²) in [7, 11) is 0. The SMILES string of the molecule is Cc1onc2c1c(=O)n(C1CCCC(NC(=O)C3Cc4ccccc4CN3)C1)c1cccc(Cl)c21. The van der Waals surface area contributed by atoms with E-state index in [0.717, 1.165) is 30.2 Å². The number of pyridine rings is 1. The summed E-state index contributed by atoms with van der Waals surface area (Å²) in [6.45, 7) is 2.45. The van der Waals surface area contributed by atoms with Crippen molar-refractivity contribution in [1.82, 2.24) is 20.4 Å². The maximum atomic E-state index is 13.7. The Morgan fingerprint density at radius 1 is 1.14 bits per heavy atom. The van der Waals surface area contributed by atoms with E-state index < -0.39 is 0 Å². The first-order valence-corrected chi connectivity index (χ1v) is 12.6. The van der Waals surface area contributed by atoms with Crippen LogP contribution in [0.2, 0.25) is 5.02 Å². The lowest BCUT2D eigenvalue weighted by Gasteiger charge is -2.33. The lowest BCUT2D eigenvalue weighted by Crippen LogP contribution is -2.51. The van der Waals surface area contributed by atoms with E-state index in [9.17, 15) is 9.59 Å². The number of aryl methyl sites for hydroxylation is 1. The van der Waals surface area contributed by atoms with E-state index in [1.54, 1.807) is 13.0 Å². The summed E-state index contributed by atoms with van der Waals surface area (Å²) in [6, 6.07) is 13.5. The van der Waals surface area contributed by atoms with E-state index in [1.807, 2.05) is 28.8 Å². The zero-order valence-corrected chi connectivity index (χ0v) is 20.3. The molecular formula is C27H27ClN4O3. The quantitative estimate of drug-likeness (QED) is 0.444. The van der Waals surface area contributed by atoms with Crippen LogP contribution in [0, 0.1) is 6.92 Å². The Bertz CT molecular complexity index is 1510. The Kier molecular flexibility index (Phi) is 5.61.